The van der Waals surface area contributed by atoms with Gasteiger partial charge in [0.25, 0.3) is 0 Å². The number of phenols is 1. The van der Waals surface area contributed by atoms with Gasteiger partial charge in [-0.25, -0.2) is 0 Å². The second-order valence-electron chi connectivity index (χ2n) is 13.1. The molecule has 1 aromatic carbocycles. The van der Waals surface area contributed by atoms with Crippen molar-refractivity contribution in [3.63, 3.8) is 0 Å². The van der Waals surface area contributed by atoms with E-state index >= 15 is 0 Å². The van der Waals surface area contributed by atoms with E-state index in [0.29, 0.717) is 17.6 Å². The Hall–Kier alpha value is -0.980. The molecule has 0 spiro atoms. The van der Waals surface area contributed by atoms with Gasteiger partial charge in [-0.1, -0.05) is 131 Å². The molecule has 1 fully saturated rings. The van der Waals surface area contributed by atoms with Crippen molar-refractivity contribution in [1.82, 2.24) is 0 Å². The lowest BCUT2D eigenvalue weighted by Crippen LogP contribution is -2.25. The number of benzene rings is 1. The van der Waals surface area contributed by atoms with Gasteiger partial charge in [0, 0.05) is 0 Å². The van der Waals surface area contributed by atoms with Crippen LogP contribution in [0.1, 0.15) is 173 Å². The third kappa shape index (κ3) is 9.29. The zero-order valence-corrected chi connectivity index (χ0v) is 23.4. The molecule has 2 rings (SSSR count). The first kappa shape index (κ1) is 28.3. The highest BCUT2D eigenvalue weighted by Gasteiger charge is 2.31. The van der Waals surface area contributed by atoms with E-state index in [1.165, 1.54) is 107 Å². The normalized spacial score (nSPS) is 16.8. The number of hydrogen-bond donors (Lipinski definition) is 1. The highest BCUT2D eigenvalue weighted by atomic mass is 16.3. The molecule has 1 saturated carbocycles. The molecule has 1 heteroatoms. The average Bonchev–Trinajstić information content (AvgIpc) is 2.74. The van der Waals surface area contributed by atoms with Crippen LogP contribution in [-0.2, 0) is 5.41 Å². The number of unbranched alkanes of at least 4 members (excludes halogenated alkanes) is 7. The van der Waals surface area contributed by atoms with Crippen molar-refractivity contribution in [1.29, 1.82) is 0 Å². The van der Waals surface area contributed by atoms with Crippen molar-refractivity contribution in [2.75, 3.05) is 0 Å². The largest absolute Gasteiger partial charge is 0.507 e. The molecule has 0 amide bonds. The fourth-order valence-electron chi connectivity index (χ4n) is 6.34. The molecular weight excluding hydrogens is 400 g/mol. The zero-order chi connectivity index (χ0) is 24.5. The van der Waals surface area contributed by atoms with Gasteiger partial charge in [-0.15, -0.1) is 0 Å². The Morgan fingerprint density at radius 1 is 0.848 bits per heavy atom. The van der Waals surface area contributed by atoms with Gasteiger partial charge in [0.15, 0.2) is 0 Å². The standard InChI is InChI=1S/C32H56O/c1-8-9-10-11-12-13-14-16-19-25(2)28-22-27(32(6,7)24-31(3,4)5)23-29(30(28)33)26-20-17-15-18-21-26/h22-23,25-26,33H,8-21,24H2,1-7H3. The van der Waals surface area contributed by atoms with E-state index in [1.54, 1.807) is 0 Å². The first-order valence-corrected chi connectivity index (χ1v) is 14.4. The molecule has 1 aromatic rings. The Kier molecular flexibility index (Phi) is 11.3. The monoisotopic (exact) mass is 456 g/mol. The number of hydrogen-bond acceptors (Lipinski definition) is 1. The molecule has 0 aliphatic heterocycles. The third-order valence-electron chi connectivity index (χ3n) is 7.99. The lowest BCUT2D eigenvalue weighted by Gasteiger charge is -2.35. The molecule has 190 valence electrons. The van der Waals surface area contributed by atoms with Crippen molar-refractivity contribution >= 4 is 0 Å². The van der Waals surface area contributed by atoms with Crippen LogP contribution in [0, 0.1) is 5.41 Å². The highest BCUT2D eigenvalue weighted by Crippen LogP contribution is 2.45. The Labute approximate surface area is 207 Å². The summed E-state index contributed by atoms with van der Waals surface area (Å²) in [5.74, 6) is 1.60. The van der Waals surface area contributed by atoms with E-state index in [4.69, 9.17) is 0 Å². The minimum Gasteiger partial charge on any atom is -0.507 e. The van der Waals surface area contributed by atoms with E-state index in [-0.39, 0.29) is 10.8 Å². The second kappa shape index (κ2) is 13.2. The molecule has 33 heavy (non-hydrogen) atoms. The predicted octanol–water partition coefficient (Wildman–Crippen LogP) is 10.8. The van der Waals surface area contributed by atoms with E-state index in [1.807, 2.05) is 0 Å². The number of aromatic hydroxyl groups is 1. The first-order valence-electron chi connectivity index (χ1n) is 14.4. The van der Waals surface area contributed by atoms with Gasteiger partial charge in [0.05, 0.1) is 0 Å². The summed E-state index contributed by atoms with van der Waals surface area (Å²) in [6.07, 6.45) is 19.7. The summed E-state index contributed by atoms with van der Waals surface area (Å²) >= 11 is 0. The second-order valence-corrected chi connectivity index (χ2v) is 13.1. The first-order chi connectivity index (χ1) is 15.5. The maximum absolute atomic E-state index is 11.5. The highest BCUT2D eigenvalue weighted by molar-refractivity contribution is 5.49. The van der Waals surface area contributed by atoms with Crippen molar-refractivity contribution in [2.24, 2.45) is 5.41 Å². The van der Waals surface area contributed by atoms with Crippen LogP contribution in [0.15, 0.2) is 12.1 Å². The summed E-state index contributed by atoms with van der Waals surface area (Å²) in [7, 11) is 0. The van der Waals surface area contributed by atoms with Crippen molar-refractivity contribution in [2.45, 2.75) is 162 Å². The molecule has 0 bridgehead atoms. The third-order valence-corrected chi connectivity index (χ3v) is 7.99. The fourth-order valence-corrected chi connectivity index (χ4v) is 6.34. The minimum atomic E-state index is 0.113. The van der Waals surface area contributed by atoms with Crippen LogP contribution in [0.4, 0.5) is 0 Å². The Morgan fingerprint density at radius 2 is 1.42 bits per heavy atom. The summed E-state index contributed by atoms with van der Waals surface area (Å²) in [6, 6.07) is 4.77. The van der Waals surface area contributed by atoms with Gasteiger partial charge in [-0.3, -0.25) is 0 Å². The van der Waals surface area contributed by atoms with E-state index < -0.39 is 0 Å². The van der Waals surface area contributed by atoms with Gasteiger partial charge in [-0.2, -0.15) is 0 Å². The molecule has 1 atom stereocenters. The minimum absolute atomic E-state index is 0.113. The summed E-state index contributed by atoms with van der Waals surface area (Å²) in [4.78, 5) is 0. The van der Waals surface area contributed by atoms with Crippen molar-refractivity contribution < 1.29 is 5.11 Å². The molecule has 1 nitrogen and oxygen atoms in total. The van der Waals surface area contributed by atoms with Crippen LogP contribution in [0.5, 0.6) is 5.75 Å². The number of phenolic OH excluding ortho intramolecular Hbond substituents is 1. The molecule has 1 unspecified atom stereocenters. The van der Waals surface area contributed by atoms with Gasteiger partial charge in [-0.05, 0) is 65.0 Å². The molecule has 1 N–H and O–H groups in total. The molecule has 0 radical (unpaired) electrons. The van der Waals surface area contributed by atoms with Crippen LogP contribution >= 0.6 is 0 Å². The van der Waals surface area contributed by atoms with Gasteiger partial charge < -0.3 is 5.11 Å². The lowest BCUT2D eigenvalue weighted by atomic mass is 9.70. The maximum Gasteiger partial charge on any atom is 0.122 e. The Balaban J connectivity index is 2.16. The summed E-state index contributed by atoms with van der Waals surface area (Å²) in [6.45, 7) is 16.5. The number of rotatable bonds is 13. The smallest absolute Gasteiger partial charge is 0.122 e. The van der Waals surface area contributed by atoms with E-state index in [9.17, 15) is 5.11 Å². The van der Waals surface area contributed by atoms with Crippen LogP contribution in [0.2, 0.25) is 0 Å². The molecule has 1 aliphatic carbocycles. The molecule has 0 saturated heterocycles. The SMILES string of the molecule is CCCCCCCCCCC(C)c1cc(C(C)(C)CC(C)(C)C)cc(C2CCCCC2)c1O. The molecule has 0 aromatic heterocycles. The van der Waals surface area contributed by atoms with Gasteiger partial charge >= 0.3 is 0 Å². The van der Waals surface area contributed by atoms with E-state index in [0.717, 1.165) is 6.42 Å². The summed E-state index contributed by atoms with van der Waals surface area (Å²) < 4.78 is 0. The van der Waals surface area contributed by atoms with Gasteiger partial charge in [0.1, 0.15) is 5.75 Å². The predicted molar refractivity (Wildman–Crippen MR) is 147 cm³/mol. The fraction of sp³-hybridized carbons (Fsp3) is 0.812. The quantitative estimate of drug-likeness (QED) is 0.293. The Bertz CT molecular complexity index is 687. The van der Waals surface area contributed by atoms with Crippen molar-refractivity contribution in [3.8, 4) is 5.75 Å². The zero-order valence-electron chi connectivity index (χ0n) is 23.4. The topological polar surface area (TPSA) is 20.2 Å². The van der Waals surface area contributed by atoms with Crippen LogP contribution < -0.4 is 0 Å². The van der Waals surface area contributed by atoms with Gasteiger partial charge in [0.2, 0.25) is 0 Å². The molecular formula is C32H56O. The lowest BCUT2D eigenvalue weighted by molar-refractivity contribution is 0.283. The molecule has 0 heterocycles. The van der Waals surface area contributed by atoms with E-state index in [2.05, 4.69) is 60.6 Å². The van der Waals surface area contributed by atoms with Crippen LogP contribution in [0.25, 0.3) is 0 Å². The maximum atomic E-state index is 11.5. The van der Waals surface area contributed by atoms with Crippen LogP contribution in [-0.4, -0.2) is 5.11 Å². The van der Waals surface area contributed by atoms with Crippen molar-refractivity contribution in [3.05, 3.63) is 28.8 Å². The summed E-state index contributed by atoms with van der Waals surface area (Å²) in [5.41, 5.74) is 4.32. The average molecular weight is 457 g/mol. The summed E-state index contributed by atoms with van der Waals surface area (Å²) in [5, 5.41) is 11.5. The van der Waals surface area contributed by atoms with Crippen LogP contribution in [0.3, 0.4) is 0 Å². The molecule has 1 aliphatic rings. The Morgan fingerprint density at radius 3 is 2.00 bits per heavy atom.